The van der Waals surface area contributed by atoms with Gasteiger partial charge in [-0.15, -0.1) is 0 Å². The Morgan fingerprint density at radius 1 is 1.29 bits per heavy atom. The molecule has 0 amide bonds. The molecule has 17 heavy (non-hydrogen) atoms. The molecule has 4 N–H and O–H groups in total. The number of aromatic amines is 2. The molecule has 2 rings (SSSR count). The van der Waals surface area contributed by atoms with E-state index in [1.54, 1.807) is 18.2 Å². The molecule has 90 valence electrons. The number of ether oxygens (including phenoxy) is 1. The molecule has 0 fully saturated rings. The Morgan fingerprint density at radius 3 is 2.47 bits per heavy atom. The lowest BCUT2D eigenvalue weighted by atomic mass is 10.2. The average Bonchev–Trinajstić information content (AvgIpc) is 2.68. The Morgan fingerprint density at radius 2 is 1.94 bits per heavy atom. The number of methoxy groups -OCH3 is 1. The molecule has 0 aliphatic rings. The van der Waals surface area contributed by atoms with Gasteiger partial charge in [0.2, 0.25) is 0 Å². The van der Waals surface area contributed by atoms with Crippen LogP contribution in [0, 0.1) is 0 Å². The molecular weight excluding hydrogens is 224 g/mol. The summed E-state index contributed by atoms with van der Waals surface area (Å²) in [6.07, 6.45) is 0. The van der Waals surface area contributed by atoms with E-state index in [9.17, 15) is 9.59 Å². The summed E-state index contributed by atoms with van der Waals surface area (Å²) in [6.45, 7) is 0.356. The predicted octanol–water partition coefficient (Wildman–Crippen LogP) is -0.679. The van der Waals surface area contributed by atoms with Crippen molar-refractivity contribution in [2.45, 2.75) is 6.54 Å². The first-order valence-electron chi connectivity index (χ1n) is 4.94. The number of hydrogen-bond acceptors (Lipinski definition) is 4. The van der Waals surface area contributed by atoms with Crippen molar-refractivity contribution >= 4 is 0 Å². The number of H-pyrrole nitrogens is 2. The van der Waals surface area contributed by atoms with Crippen LogP contribution in [0.25, 0.3) is 5.69 Å². The average molecular weight is 236 g/mol. The Kier molecular flexibility index (Phi) is 2.84. The maximum atomic E-state index is 11.5. The topological polar surface area (TPSA) is 106 Å². The first kappa shape index (κ1) is 11.2. The summed E-state index contributed by atoms with van der Waals surface area (Å²) in [6, 6.07) is 5.04. The van der Waals surface area contributed by atoms with Crippen LogP contribution in [0.2, 0.25) is 0 Å². The largest absolute Gasteiger partial charge is 0.495 e. The van der Waals surface area contributed by atoms with Crippen molar-refractivity contribution in [3.8, 4) is 11.4 Å². The van der Waals surface area contributed by atoms with Gasteiger partial charge in [0.1, 0.15) is 5.75 Å². The van der Waals surface area contributed by atoms with Crippen LogP contribution in [0.4, 0.5) is 0 Å². The van der Waals surface area contributed by atoms with E-state index >= 15 is 0 Å². The van der Waals surface area contributed by atoms with E-state index in [1.165, 1.54) is 7.11 Å². The Hall–Kier alpha value is -2.28. The zero-order chi connectivity index (χ0) is 12.4. The Balaban J connectivity index is 2.68. The number of hydrogen-bond donors (Lipinski definition) is 3. The molecule has 0 spiro atoms. The molecule has 1 aromatic carbocycles. The second-order valence-corrected chi connectivity index (χ2v) is 3.41. The van der Waals surface area contributed by atoms with E-state index in [4.69, 9.17) is 10.5 Å². The molecule has 2 aromatic rings. The quantitative estimate of drug-likeness (QED) is 0.656. The maximum absolute atomic E-state index is 11.5. The molecule has 0 aliphatic heterocycles. The fourth-order valence-corrected chi connectivity index (χ4v) is 1.56. The lowest BCUT2D eigenvalue weighted by Gasteiger charge is -2.08. The van der Waals surface area contributed by atoms with Crippen molar-refractivity contribution < 1.29 is 4.74 Å². The van der Waals surface area contributed by atoms with Gasteiger partial charge in [-0.05, 0) is 17.7 Å². The zero-order valence-electron chi connectivity index (χ0n) is 9.19. The van der Waals surface area contributed by atoms with E-state index < -0.39 is 11.4 Å². The van der Waals surface area contributed by atoms with Crippen LogP contribution < -0.4 is 21.9 Å². The van der Waals surface area contributed by atoms with Crippen LogP contribution in [-0.4, -0.2) is 21.9 Å². The minimum Gasteiger partial charge on any atom is -0.495 e. The number of nitrogens with one attached hydrogen (secondary N) is 2. The fraction of sp³-hybridized carbons (Fsp3) is 0.200. The highest BCUT2D eigenvalue weighted by Crippen LogP contribution is 2.21. The minimum atomic E-state index is -0.547. The van der Waals surface area contributed by atoms with Gasteiger partial charge in [-0.25, -0.2) is 24.4 Å². The smallest absolute Gasteiger partial charge is 0.349 e. The van der Waals surface area contributed by atoms with Crippen molar-refractivity contribution in [2.75, 3.05) is 7.11 Å². The molecule has 1 aromatic heterocycles. The van der Waals surface area contributed by atoms with Crippen molar-refractivity contribution in [1.82, 2.24) is 14.8 Å². The van der Waals surface area contributed by atoms with Gasteiger partial charge in [0.05, 0.1) is 12.8 Å². The summed E-state index contributed by atoms with van der Waals surface area (Å²) >= 11 is 0. The SMILES string of the molecule is COc1cc(CN)ccc1-n1c(=O)[nH][nH]c1=O. The standard InChI is InChI=1S/C10H12N4O3/c1-17-8-4-6(5-11)2-3-7(8)14-9(15)12-13-10(14)16/h2-4H,5,11H2,1H3,(H,12,15)(H,13,16). The lowest BCUT2D eigenvalue weighted by Crippen LogP contribution is -2.25. The molecular formula is C10H12N4O3. The van der Waals surface area contributed by atoms with Crippen molar-refractivity contribution in [3.63, 3.8) is 0 Å². The van der Waals surface area contributed by atoms with Gasteiger partial charge >= 0.3 is 11.4 Å². The van der Waals surface area contributed by atoms with Crippen molar-refractivity contribution in [2.24, 2.45) is 5.73 Å². The van der Waals surface area contributed by atoms with Crippen LogP contribution in [-0.2, 0) is 6.54 Å². The first-order chi connectivity index (χ1) is 8.17. The summed E-state index contributed by atoms with van der Waals surface area (Å²) in [5, 5.41) is 4.41. The van der Waals surface area contributed by atoms with Crippen molar-refractivity contribution in [1.29, 1.82) is 0 Å². The first-order valence-corrected chi connectivity index (χ1v) is 4.94. The number of aromatic nitrogens is 3. The molecule has 1 heterocycles. The summed E-state index contributed by atoms with van der Waals surface area (Å²) < 4.78 is 6.10. The molecule has 0 saturated carbocycles. The van der Waals surface area contributed by atoms with Gasteiger partial charge in [0.15, 0.2) is 0 Å². The highest BCUT2D eigenvalue weighted by molar-refractivity contribution is 5.48. The predicted molar refractivity (Wildman–Crippen MR) is 61.5 cm³/mol. The fourth-order valence-electron chi connectivity index (χ4n) is 1.56. The van der Waals surface area contributed by atoms with Crippen LogP contribution in [0.1, 0.15) is 5.56 Å². The van der Waals surface area contributed by atoms with E-state index in [1.807, 2.05) is 0 Å². The Labute approximate surface area is 95.8 Å². The molecule has 7 nitrogen and oxygen atoms in total. The van der Waals surface area contributed by atoms with Gasteiger partial charge in [0.25, 0.3) is 0 Å². The third-order valence-corrected chi connectivity index (χ3v) is 2.40. The second kappa shape index (κ2) is 4.30. The molecule has 7 heteroatoms. The van der Waals surface area contributed by atoms with Crippen LogP contribution in [0.3, 0.4) is 0 Å². The third kappa shape index (κ3) is 1.87. The number of rotatable bonds is 3. The van der Waals surface area contributed by atoms with Gasteiger partial charge < -0.3 is 10.5 Å². The van der Waals surface area contributed by atoms with Gasteiger partial charge in [-0.2, -0.15) is 0 Å². The molecule has 0 bridgehead atoms. The lowest BCUT2D eigenvalue weighted by molar-refractivity contribution is 0.411. The molecule has 0 saturated heterocycles. The molecule has 0 unspecified atom stereocenters. The van der Waals surface area contributed by atoms with E-state index in [-0.39, 0.29) is 0 Å². The normalized spacial score (nSPS) is 10.5. The third-order valence-electron chi connectivity index (χ3n) is 2.40. The van der Waals surface area contributed by atoms with Crippen LogP contribution in [0.5, 0.6) is 5.75 Å². The number of nitrogens with zero attached hydrogens (tertiary/aromatic N) is 1. The molecule has 0 aliphatic carbocycles. The molecule has 0 radical (unpaired) electrons. The highest BCUT2D eigenvalue weighted by atomic mass is 16.5. The van der Waals surface area contributed by atoms with E-state index in [2.05, 4.69) is 10.2 Å². The van der Waals surface area contributed by atoms with E-state index in [0.717, 1.165) is 10.1 Å². The van der Waals surface area contributed by atoms with Crippen molar-refractivity contribution in [3.05, 3.63) is 44.7 Å². The second-order valence-electron chi connectivity index (χ2n) is 3.41. The van der Waals surface area contributed by atoms with Crippen LogP contribution >= 0.6 is 0 Å². The Bertz CT molecular complexity index is 610. The number of benzene rings is 1. The highest BCUT2D eigenvalue weighted by Gasteiger charge is 2.11. The maximum Gasteiger partial charge on any atom is 0.349 e. The zero-order valence-corrected chi connectivity index (χ0v) is 9.19. The van der Waals surface area contributed by atoms with Gasteiger partial charge in [-0.3, -0.25) is 0 Å². The van der Waals surface area contributed by atoms with Gasteiger partial charge in [-0.1, -0.05) is 6.07 Å². The van der Waals surface area contributed by atoms with Gasteiger partial charge in [0, 0.05) is 6.54 Å². The summed E-state index contributed by atoms with van der Waals surface area (Å²) in [4.78, 5) is 22.9. The van der Waals surface area contributed by atoms with Crippen LogP contribution in [0.15, 0.2) is 27.8 Å². The number of nitrogens with two attached hydrogens (primary N) is 1. The molecule has 0 atom stereocenters. The van der Waals surface area contributed by atoms with E-state index in [0.29, 0.717) is 18.0 Å². The summed E-state index contributed by atoms with van der Waals surface area (Å²) in [7, 11) is 1.46. The minimum absolute atomic E-state index is 0.356. The monoisotopic (exact) mass is 236 g/mol. The summed E-state index contributed by atoms with van der Waals surface area (Å²) in [5.74, 6) is 0.417. The summed E-state index contributed by atoms with van der Waals surface area (Å²) in [5.41, 5.74) is 5.63.